The molecule has 20 heavy (non-hydrogen) atoms. The second-order valence-electron chi connectivity index (χ2n) is 6.83. The van der Waals surface area contributed by atoms with Gasteiger partial charge in [0.1, 0.15) is 11.6 Å². The SMILES string of the molecule is Cc1ccc(F)c(C2(N)CC(C)CCC2C(C)C)c1F. The summed E-state index contributed by atoms with van der Waals surface area (Å²) in [5, 5.41) is 0. The van der Waals surface area contributed by atoms with Crippen LogP contribution in [0.5, 0.6) is 0 Å². The van der Waals surface area contributed by atoms with Crippen molar-refractivity contribution in [2.75, 3.05) is 0 Å². The predicted molar refractivity (Wildman–Crippen MR) is 78.3 cm³/mol. The quantitative estimate of drug-likeness (QED) is 0.847. The van der Waals surface area contributed by atoms with Gasteiger partial charge in [-0.3, -0.25) is 0 Å². The first-order chi connectivity index (χ1) is 9.27. The van der Waals surface area contributed by atoms with Gasteiger partial charge in [0.05, 0.1) is 5.54 Å². The molecule has 1 aromatic carbocycles. The molecule has 0 amide bonds. The molecule has 1 nitrogen and oxygen atoms in total. The van der Waals surface area contributed by atoms with Crippen molar-refractivity contribution in [3.63, 3.8) is 0 Å². The topological polar surface area (TPSA) is 26.0 Å². The van der Waals surface area contributed by atoms with Gasteiger partial charge in [-0.25, -0.2) is 8.78 Å². The summed E-state index contributed by atoms with van der Waals surface area (Å²) in [5.41, 5.74) is 6.27. The van der Waals surface area contributed by atoms with Crippen molar-refractivity contribution in [1.82, 2.24) is 0 Å². The Bertz CT molecular complexity index is 498. The van der Waals surface area contributed by atoms with Gasteiger partial charge in [0.2, 0.25) is 0 Å². The first kappa shape index (κ1) is 15.4. The highest BCUT2D eigenvalue weighted by Crippen LogP contribution is 2.47. The number of rotatable bonds is 2. The molecule has 1 aliphatic carbocycles. The molecule has 3 heteroatoms. The number of aryl methyl sites for hydroxylation is 1. The van der Waals surface area contributed by atoms with Crippen LogP contribution in [0.15, 0.2) is 12.1 Å². The van der Waals surface area contributed by atoms with E-state index in [0.717, 1.165) is 12.8 Å². The molecular weight excluding hydrogens is 256 g/mol. The summed E-state index contributed by atoms with van der Waals surface area (Å²) in [7, 11) is 0. The van der Waals surface area contributed by atoms with Crippen LogP contribution in [-0.2, 0) is 5.54 Å². The first-order valence-electron chi connectivity index (χ1n) is 7.51. The summed E-state index contributed by atoms with van der Waals surface area (Å²) < 4.78 is 28.8. The third kappa shape index (κ3) is 2.48. The molecule has 0 heterocycles. The van der Waals surface area contributed by atoms with Crippen molar-refractivity contribution in [3.05, 3.63) is 34.9 Å². The van der Waals surface area contributed by atoms with Gasteiger partial charge in [0.15, 0.2) is 0 Å². The zero-order chi connectivity index (χ0) is 15.1. The molecule has 0 bridgehead atoms. The van der Waals surface area contributed by atoms with E-state index in [9.17, 15) is 8.78 Å². The molecule has 0 spiro atoms. The predicted octanol–water partition coefficient (Wildman–Crippen LogP) is 4.52. The molecular formula is C17H25F2N. The van der Waals surface area contributed by atoms with Gasteiger partial charge < -0.3 is 5.73 Å². The summed E-state index contributed by atoms with van der Waals surface area (Å²) in [6, 6.07) is 2.83. The largest absolute Gasteiger partial charge is 0.321 e. The minimum atomic E-state index is -0.897. The summed E-state index contributed by atoms with van der Waals surface area (Å²) in [6.07, 6.45) is 2.66. The van der Waals surface area contributed by atoms with E-state index in [-0.39, 0.29) is 11.5 Å². The van der Waals surface area contributed by atoms with E-state index < -0.39 is 17.2 Å². The number of halogens is 2. The van der Waals surface area contributed by atoms with Crippen molar-refractivity contribution in [3.8, 4) is 0 Å². The Morgan fingerprint density at radius 3 is 2.50 bits per heavy atom. The zero-order valence-corrected chi connectivity index (χ0v) is 12.8. The Labute approximate surface area is 120 Å². The van der Waals surface area contributed by atoms with Crippen LogP contribution in [0.3, 0.4) is 0 Å². The highest BCUT2D eigenvalue weighted by molar-refractivity contribution is 5.34. The molecule has 3 unspecified atom stereocenters. The molecule has 0 aromatic heterocycles. The van der Waals surface area contributed by atoms with Crippen LogP contribution in [-0.4, -0.2) is 0 Å². The fraction of sp³-hybridized carbons (Fsp3) is 0.647. The number of hydrogen-bond acceptors (Lipinski definition) is 1. The average molecular weight is 281 g/mol. The normalized spacial score (nSPS) is 30.8. The molecule has 2 rings (SSSR count). The molecule has 3 atom stereocenters. The van der Waals surface area contributed by atoms with Crippen LogP contribution < -0.4 is 5.73 Å². The lowest BCUT2D eigenvalue weighted by molar-refractivity contribution is 0.101. The minimum Gasteiger partial charge on any atom is -0.321 e. The van der Waals surface area contributed by atoms with Crippen LogP contribution in [0, 0.1) is 36.3 Å². The van der Waals surface area contributed by atoms with E-state index in [1.54, 1.807) is 6.92 Å². The minimum absolute atomic E-state index is 0.0998. The van der Waals surface area contributed by atoms with Crippen molar-refractivity contribution in [2.45, 2.75) is 52.5 Å². The van der Waals surface area contributed by atoms with E-state index in [2.05, 4.69) is 20.8 Å². The third-order valence-electron chi connectivity index (χ3n) is 4.87. The highest BCUT2D eigenvalue weighted by Gasteiger charge is 2.45. The Morgan fingerprint density at radius 2 is 1.90 bits per heavy atom. The summed E-state index contributed by atoms with van der Waals surface area (Å²) >= 11 is 0. The van der Waals surface area contributed by atoms with Gasteiger partial charge in [-0.15, -0.1) is 0 Å². The molecule has 0 saturated heterocycles. The number of benzene rings is 1. The van der Waals surface area contributed by atoms with E-state index in [0.29, 0.717) is 23.8 Å². The van der Waals surface area contributed by atoms with Crippen LogP contribution in [0.1, 0.15) is 51.2 Å². The summed E-state index contributed by atoms with van der Waals surface area (Å²) in [5.74, 6) is -0.145. The van der Waals surface area contributed by atoms with Gasteiger partial charge in [0, 0.05) is 5.56 Å². The Hall–Kier alpha value is -0.960. The Balaban J connectivity index is 2.59. The average Bonchev–Trinajstić information content (AvgIpc) is 2.33. The van der Waals surface area contributed by atoms with E-state index in [4.69, 9.17) is 5.73 Å². The van der Waals surface area contributed by atoms with Crippen molar-refractivity contribution in [2.24, 2.45) is 23.5 Å². The van der Waals surface area contributed by atoms with Crippen LogP contribution in [0.2, 0.25) is 0 Å². The second-order valence-corrected chi connectivity index (χ2v) is 6.83. The monoisotopic (exact) mass is 281 g/mol. The Kier molecular flexibility index (Phi) is 4.19. The number of hydrogen-bond donors (Lipinski definition) is 1. The van der Waals surface area contributed by atoms with E-state index in [1.165, 1.54) is 12.1 Å². The van der Waals surface area contributed by atoms with Crippen LogP contribution >= 0.6 is 0 Å². The van der Waals surface area contributed by atoms with Crippen LogP contribution in [0.4, 0.5) is 8.78 Å². The molecule has 1 aromatic rings. The lowest BCUT2D eigenvalue weighted by Gasteiger charge is -2.46. The van der Waals surface area contributed by atoms with Gasteiger partial charge in [0.25, 0.3) is 0 Å². The fourth-order valence-electron chi connectivity index (χ4n) is 3.85. The lowest BCUT2D eigenvalue weighted by atomic mass is 9.62. The van der Waals surface area contributed by atoms with E-state index in [1.807, 2.05) is 0 Å². The van der Waals surface area contributed by atoms with Crippen molar-refractivity contribution in [1.29, 1.82) is 0 Å². The first-order valence-corrected chi connectivity index (χ1v) is 7.51. The number of nitrogens with two attached hydrogens (primary N) is 1. The molecule has 1 fully saturated rings. The third-order valence-corrected chi connectivity index (χ3v) is 4.87. The maximum Gasteiger partial charge on any atom is 0.134 e. The maximum absolute atomic E-state index is 14.5. The summed E-state index contributed by atoms with van der Waals surface area (Å²) in [6.45, 7) is 7.96. The standard InChI is InChI=1S/C17H25F2N/c1-10(2)13-7-5-11(3)9-17(13,20)15-14(18)8-6-12(4)16(15)19/h6,8,10-11,13H,5,7,9,20H2,1-4H3. The maximum atomic E-state index is 14.5. The van der Waals surface area contributed by atoms with Crippen molar-refractivity contribution < 1.29 is 8.78 Å². The molecule has 0 aliphatic heterocycles. The molecule has 2 N–H and O–H groups in total. The Morgan fingerprint density at radius 1 is 1.25 bits per heavy atom. The molecule has 1 aliphatic rings. The molecule has 1 saturated carbocycles. The summed E-state index contributed by atoms with van der Waals surface area (Å²) in [4.78, 5) is 0. The highest BCUT2D eigenvalue weighted by atomic mass is 19.1. The van der Waals surface area contributed by atoms with Gasteiger partial charge in [-0.05, 0) is 49.1 Å². The van der Waals surface area contributed by atoms with Gasteiger partial charge in [-0.2, -0.15) is 0 Å². The fourth-order valence-corrected chi connectivity index (χ4v) is 3.85. The van der Waals surface area contributed by atoms with Gasteiger partial charge in [-0.1, -0.05) is 33.3 Å². The zero-order valence-electron chi connectivity index (χ0n) is 12.8. The molecule has 112 valence electrons. The van der Waals surface area contributed by atoms with Crippen LogP contribution in [0.25, 0.3) is 0 Å². The van der Waals surface area contributed by atoms with E-state index >= 15 is 0 Å². The molecule has 0 radical (unpaired) electrons. The van der Waals surface area contributed by atoms with Crippen molar-refractivity contribution >= 4 is 0 Å². The lowest BCUT2D eigenvalue weighted by Crippen LogP contribution is -2.51. The smallest absolute Gasteiger partial charge is 0.134 e. The second kappa shape index (κ2) is 5.44. The van der Waals surface area contributed by atoms with Gasteiger partial charge >= 0.3 is 0 Å².